The number of aromatic nitrogens is 1. The van der Waals surface area contributed by atoms with E-state index in [-0.39, 0.29) is 0 Å². The van der Waals surface area contributed by atoms with Gasteiger partial charge in [0.15, 0.2) is 0 Å². The molecule has 1 saturated heterocycles. The van der Waals surface area contributed by atoms with Crippen LogP contribution in [0.1, 0.15) is 38.0 Å². The minimum atomic E-state index is 0.581. The Bertz CT molecular complexity index is 259. The van der Waals surface area contributed by atoms with Gasteiger partial charge in [0.25, 0.3) is 0 Å². The molecule has 0 bridgehead atoms. The van der Waals surface area contributed by atoms with E-state index in [0.29, 0.717) is 12.1 Å². The molecule has 12 heavy (non-hydrogen) atoms. The van der Waals surface area contributed by atoms with E-state index in [1.807, 2.05) is 0 Å². The summed E-state index contributed by atoms with van der Waals surface area (Å²) >= 11 is 0. The molecule has 2 heteroatoms. The monoisotopic (exact) mass is 164 g/mol. The summed E-state index contributed by atoms with van der Waals surface area (Å²) < 4.78 is 2.34. The van der Waals surface area contributed by atoms with Gasteiger partial charge in [-0.1, -0.05) is 0 Å². The van der Waals surface area contributed by atoms with Crippen LogP contribution < -0.4 is 5.32 Å². The summed E-state index contributed by atoms with van der Waals surface area (Å²) in [6.07, 6.45) is 3.46. The molecule has 2 heterocycles. The Morgan fingerprint density at radius 2 is 2.33 bits per heavy atom. The van der Waals surface area contributed by atoms with Crippen molar-refractivity contribution >= 4 is 0 Å². The Morgan fingerprint density at radius 1 is 1.58 bits per heavy atom. The normalized spacial score (nSPS) is 22.8. The molecule has 66 valence electrons. The molecule has 2 nitrogen and oxygen atoms in total. The van der Waals surface area contributed by atoms with Crippen LogP contribution in [0.25, 0.3) is 0 Å². The molecule has 0 radical (unpaired) electrons. The molecular weight excluding hydrogens is 148 g/mol. The second-order valence-electron chi connectivity index (χ2n) is 3.73. The van der Waals surface area contributed by atoms with Gasteiger partial charge in [0.1, 0.15) is 0 Å². The van der Waals surface area contributed by atoms with E-state index in [9.17, 15) is 0 Å². The lowest BCUT2D eigenvalue weighted by atomic mass is 10.0. The predicted molar refractivity (Wildman–Crippen MR) is 50.2 cm³/mol. The number of hydrogen-bond donors (Lipinski definition) is 1. The molecule has 1 aromatic rings. The van der Waals surface area contributed by atoms with Crippen molar-refractivity contribution in [2.45, 2.75) is 32.4 Å². The minimum absolute atomic E-state index is 0.581. The average Bonchev–Trinajstić information content (AvgIpc) is 2.31. The van der Waals surface area contributed by atoms with Gasteiger partial charge in [-0.3, -0.25) is 0 Å². The SMILES string of the molecule is CC(C)n1cccc1C1CCN1. The predicted octanol–water partition coefficient (Wildman–Crippen LogP) is 2.10. The van der Waals surface area contributed by atoms with Crippen LogP contribution in [0.4, 0.5) is 0 Å². The third-order valence-corrected chi connectivity index (χ3v) is 2.55. The van der Waals surface area contributed by atoms with Gasteiger partial charge in [-0.15, -0.1) is 0 Å². The number of nitrogens with zero attached hydrogens (tertiary/aromatic N) is 1. The number of rotatable bonds is 2. The molecule has 1 unspecified atom stereocenters. The molecule has 1 atom stereocenters. The lowest BCUT2D eigenvalue weighted by molar-refractivity contribution is 0.356. The maximum Gasteiger partial charge on any atom is 0.0487 e. The second-order valence-corrected chi connectivity index (χ2v) is 3.73. The highest BCUT2D eigenvalue weighted by Gasteiger charge is 2.21. The van der Waals surface area contributed by atoms with Crippen LogP contribution in [0.3, 0.4) is 0 Å². The van der Waals surface area contributed by atoms with Gasteiger partial charge < -0.3 is 9.88 Å². The van der Waals surface area contributed by atoms with Gasteiger partial charge in [-0.2, -0.15) is 0 Å². The smallest absolute Gasteiger partial charge is 0.0487 e. The van der Waals surface area contributed by atoms with Crippen molar-refractivity contribution in [2.75, 3.05) is 6.54 Å². The molecular formula is C10H16N2. The first-order valence-electron chi connectivity index (χ1n) is 4.69. The van der Waals surface area contributed by atoms with E-state index < -0.39 is 0 Å². The van der Waals surface area contributed by atoms with E-state index in [4.69, 9.17) is 0 Å². The standard InChI is InChI=1S/C10H16N2/c1-8(2)12-7-3-4-10(12)9-5-6-11-9/h3-4,7-9,11H,5-6H2,1-2H3. The molecule has 0 aliphatic carbocycles. The molecule has 1 fully saturated rings. The molecule has 0 spiro atoms. The maximum atomic E-state index is 3.42. The summed E-state index contributed by atoms with van der Waals surface area (Å²) in [6, 6.07) is 5.55. The van der Waals surface area contributed by atoms with Crippen LogP contribution in [0.5, 0.6) is 0 Å². The van der Waals surface area contributed by atoms with E-state index in [2.05, 4.69) is 42.1 Å². The lowest BCUT2D eigenvalue weighted by Crippen LogP contribution is -2.36. The molecule has 1 aromatic heterocycles. The van der Waals surface area contributed by atoms with Gasteiger partial charge in [0.2, 0.25) is 0 Å². The van der Waals surface area contributed by atoms with Crippen molar-refractivity contribution in [1.82, 2.24) is 9.88 Å². The van der Waals surface area contributed by atoms with Gasteiger partial charge in [-0.25, -0.2) is 0 Å². The zero-order chi connectivity index (χ0) is 8.55. The molecule has 0 aromatic carbocycles. The quantitative estimate of drug-likeness (QED) is 0.708. The fourth-order valence-electron chi connectivity index (χ4n) is 1.71. The van der Waals surface area contributed by atoms with E-state index in [0.717, 1.165) is 0 Å². The lowest BCUT2D eigenvalue weighted by Gasteiger charge is -2.29. The Labute approximate surface area is 73.6 Å². The summed E-state index contributed by atoms with van der Waals surface area (Å²) in [7, 11) is 0. The van der Waals surface area contributed by atoms with Crippen molar-refractivity contribution in [1.29, 1.82) is 0 Å². The zero-order valence-electron chi connectivity index (χ0n) is 7.75. The Morgan fingerprint density at radius 3 is 2.83 bits per heavy atom. The topological polar surface area (TPSA) is 17.0 Å². The molecule has 0 amide bonds. The van der Waals surface area contributed by atoms with Gasteiger partial charge >= 0.3 is 0 Å². The Hall–Kier alpha value is -0.760. The van der Waals surface area contributed by atoms with Gasteiger partial charge in [0, 0.05) is 24.0 Å². The van der Waals surface area contributed by atoms with Crippen molar-refractivity contribution in [2.24, 2.45) is 0 Å². The third-order valence-electron chi connectivity index (χ3n) is 2.55. The van der Waals surface area contributed by atoms with E-state index in [1.165, 1.54) is 18.7 Å². The Kier molecular flexibility index (Phi) is 1.93. The number of nitrogens with one attached hydrogen (secondary N) is 1. The van der Waals surface area contributed by atoms with Crippen molar-refractivity contribution in [3.8, 4) is 0 Å². The fourth-order valence-corrected chi connectivity index (χ4v) is 1.71. The van der Waals surface area contributed by atoms with Gasteiger partial charge in [0.05, 0.1) is 0 Å². The Balaban J connectivity index is 2.23. The molecule has 1 aliphatic rings. The fraction of sp³-hybridized carbons (Fsp3) is 0.600. The second kappa shape index (κ2) is 2.94. The summed E-state index contributed by atoms with van der Waals surface area (Å²) in [6.45, 7) is 5.62. The average molecular weight is 164 g/mol. The van der Waals surface area contributed by atoms with Crippen LogP contribution in [0.15, 0.2) is 18.3 Å². The van der Waals surface area contributed by atoms with Crippen LogP contribution in [-0.4, -0.2) is 11.1 Å². The summed E-state index contributed by atoms with van der Waals surface area (Å²) in [5.74, 6) is 0. The molecule has 0 saturated carbocycles. The van der Waals surface area contributed by atoms with Crippen molar-refractivity contribution in [3.63, 3.8) is 0 Å². The van der Waals surface area contributed by atoms with Crippen molar-refractivity contribution < 1.29 is 0 Å². The highest BCUT2D eigenvalue weighted by atomic mass is 15.1. The molecule has 1 N–H and O–H groups in total. The van der Waals surface area contributed by atoms with Crippen LogP contribution in [0.2, 0.25) is 0 Å². The highest BCUT2D eigenvalue weighted by Crippen LogP contribution is 2.25. The molecule has 2 rings (SSSR count). The van der Waals surface area contributed by atoms with Crippen LogP contribution in [-0.2, 0) is 0 Å². The van der Waals surface area contributed by atoms with Crippen molar-refractivity contribution in [3.05, 3.63) is 24.0 Å². The zero-order valence-corrected chi connectivity index (χ0v) is 7.75. The maximum absolute atomic E-state index is 3.42. The highest BCUT2D eigenvalue weighted by molar-refractivity contribution is 5.15. The summed E-state index contributed by atoms with van der Waals surface area (Å²) in [4.78, 5) is 0. The first-order chi connectivity index (χ1) is 5.79. The van der Waals surface area contributed by atoms with Crippen LogP contribution in [0, 0.1) is 0 Å². The largest absolute Gasteiger partial charge is 0.347 e. The van der Waals surface area contributed by atoms with Gasteiger partial charge in [-0.05, 0) is 38.9 Å². The summed E-state index contributed by atoms with van der Waals surface area (Å²) in [5, 5.41) is 3.42. The minimum Gasteiger partial charge on any atom is -0.347 e. The van der Waals surface area contributed by atoms with E-state index >= 15 is 0 Å². The third kappa shape index (κ3) is 1.16. The first-order valence-corrected chi connectivity index (χ1v) is 4.69. The summed E-state index contributed by atoms with van der Waals surface area (Å²) in [5.41, 5.74) is 1.44. The van der Waals surface area contributed by atoms with E-state index in [1.54, 1.807) is 0 Å². The molecule has 1 aliphatic heterocycles. The van der Waals surface area contributed by atoms with Crippen LogP contribution >= 0.6 is 0 Å². The number of hydrogen-bond acceptors (Lipinski definition) is 1. The first kappa shape index (κ1) is 7.87.